The fourth-order valence-corrected chi connectivity index (χ4v) is 3.10. The fraction of sp³-hybridized carbons (Fsp3) is 0.400. The minimum absolute atomic E-state index is 0.218. The monoisotopic (exact) mass is 361 g/mol. The Hall–Kier alpha value is -1.75. The zero-order chi connectivity index (χ0) is 17.5. The van der Waals surface area contributed by atoms with Crippen molar-refractivity contribution in [1.82, 2.24) is 4.90 Å². The molecular weight excluding hydrogens is 338 g/mol. The second-order valence-electron chi connectivity index (χ2n) is 6.35. The Bertz CT molecular complexity index is 627. The van der Waals surface area contributed by atoms with E-state index in [1.54, 1.807) is 0 Å². The van der Waals surface area contributed by atoms with Gasteiger partial charge in [-0.05, 0) is 49.2 Å². The number of hydrogen-bond donors (Lipinski definition) is 1. The van der Waals surface area contributed by atoms with E-state index < -0.39 is 6.10 Å². The predicted octanol–water partition coefficient (Wildman–Crippen LogP) is 3.62. The first kappa shape index (κ1) is 18.1. The van der Waals surface area contributed by atoms with Crippen LogP contribution in [0.4, 0.5) is 0 Å². The summed E-state index contributed by atoms with van der Waals surface area (Å²) in [6.45, 7) is 2.77. The molecule has 2 aromatic rings. The van der Waals surface area contributed by atoms with E-state index >= 15 is 0 Å². The average Bonchev–Trinajstić information content (AvgIpc) is 2.64. The first-order chi connectivity index (χ1) is 12.2. The van der Waals surface area contributed by atoms with Gasteiger partial charge in [0, 0.05) is 24.7 Å². The summed E-state index contributed by atoms with van der Waals surface area (Å²) >= 11 is 5.89. The number of para-hydroxylation sites is 1. The van der Waals surface area contributed by atoms with E-state index in [4.69, 9.17) is 21.1 Å². The van der Waals surface area contributed by atoms with E-state index in [1.165, 1.54) is 0 Å². The second kappa shape index (κ2) is 9.09. The van der Waals surface area contributed by atoms with Crippen LogP contribution in [0.3, 0.4) is 0 Å². The van der Waals surface area contributed by atoms with Crippen LogP contribution in [0.25, 0.3) is 0 Å². The molecule has 134 valence electrons. The molecule has 1 atom stereocenters. The Morgan fingerprint density at radius 1 is 1.00 bits per heavy atom. The molecule has 0 bridgehead atoms. The summed E-state index contributed by atoms with van der Waals surface area (Å²) < 4.78 is 11.6. The predicted molar refractivity (Wildman–Crippen MR) is 99.5 cm³/mol. The number of piperidine rings is 1. The third kappa shape index (κ3) is 5.92. The number of β-amino-alcohol motifs (C(OH)–C–C–N with tert-alkyl or cyclic N) is 1. The number of rotatable bonds is 7. The largest absolute Gasteiger partial charge is 0.491 e. The average molecular weight is 362 g/mol. The second-order valence-corrected chi connectivity index (χ2v) is 6.79. The van der Waals surface area contributed by atoms with E-state index in [0.29, 0.717) is 18.2 Å². The summed E-state index contributed by atoms with van der Waals surface area (Å²) in [4.78, 5) is 2.26. The van der Waals surface area contributed by atoms with Crippen LogP contribution < -0.4 is 9.47 Å². The molecule has 1 N–H and O–H groups in total. The van der Waals surface area contributed by atoms with Gasteiger partial charge in [-0.3, -0.25) is 0 Å². The molecule has 3 rings (SSSR count). The number of benzene rings is 2. The summed E-state index contributed by atoms with van der Waals surface area (Å²) in [7, 11) is 0. The zero-order valence-corrected chi connectivity index (χ0v) is 14.9. The molecule has 1 heterocycles. The molecule has 1 aliphatic rings. The number of ether oxygens (including phenoxy) is 2. The lowest BCUT2D eigenvalue weighted by Crippen LogP contribution is -2.43. The highest BCUT2D eigenvalue weighted by atomic mass is 35.5. The van der Waals surface area contributed by atoms with Crippen molar-refractivity contribution in [3.63, 3.8) is 0 Å². The molecule has 5 heteroatoms. The molecule has 0 aromatic heterocycles. The van der Waals surface area contributed by atoms with E-state index in [0.717, 1.165) is 37.4 Å². The van der Waals surface area contributed by atoms with Gasteiger partial charge in [-0.2, -0.15) is 0 Å². The molecular formula is C20H24ClNO3. The van der Waals surface area contributed by atoms with Crippen LogP contribution in [-0.4, -0.2) is 48.5 Å². The van der Waals surface area contributed by atoms with Crippen molar-refractivity contribution in [3.8, 4) is 11.5 Å². The lowest BCUT2D eigenvalue weighted by atomic mass is 10.1. The van der Waals surface area contributed by atoms with Crippen molar-refractivity contribution in [2.45, 2.75) is 25.0 Å². The van der Waals surface area contributed by atoms with Crippen molar-refractivity contribution in [2.24, 2.45) is 0 Å². The molecule has 0 radical (unpaired) electrons. The highest BCUT2D eigenvalue weighted by Crippen LogP contribution is 2.21. The van der Waals surface area contributed by atoms with Gasteiger partial charge in [0.1, 0.15) is 30.3 Å². The molecule has 0 amide bonds. The maximum atomic E-state index is 10.2. The lowest BCUT2D eigenvalue weighted by molar-refractivity contribution is 0.0401. The lowest BCUT2D eigenvalue weighted by Gasteiger charge is -2.33. The summed E-state index contributed by atoms with van der Waals surface area (Å²) in [6, 6.07) is 17.1. The van der Waals surface area contributed by atoms with Gasteiger partial charge in [0.05, 0.1) is 0 Å². The maximum absolute atomic E-state index is 10.2. The molecule has 0 saturated carbocycles. The summed E-state index contributed by atoms with van der Waals surface area (Å²) in [5.74, 6) is 1.65. The van der Waals surface area contributed by atoms with E-state index in [-0.39, 0.29) is 6.10 Å². The van der Waals surface area contributed by atoms with Crippen molar-refractivity contribution >= 4 is 11.6 Å². The van der Waals surface area contributed by atoms with E-state index in [1.807, 2.05) is 54.6 Å². The van der Waals surface area contributed by atoms with Gasteiger partial charge in [0.25, 0.3) is 0 Å². The third-order valence-electron chi connectivity index (χ3n) is 4.31. The van der Waals surface area contributed by atoms with Gasteiger partial charge >= 0.3 is 0 Å². The zero-order valence-electron chi connectivity index (χ0n) is 14.2. The molecule has 1 unspecified atom stereocenters. The molecule has 0 aliphatic carbocycles. The third-order valence-corrected chi connectivity index (χ3v) is 4.56. The fourth-order valence-electron chi connectivity index (χ4n) is 2.98. The van der Waals surface area contributed by atoms with Crippen molar-refractivity contribution in [1.29, 1.82) is 0 Å². The van der Waals surface area contributed by atoms with Crippen LogP contribution in [0, 0.1) is 0 Å². The quantitative estimate of drug-likeness (QED) is 0.817. The summed E-state index contributed by atoms with van der Waals surface area (Å²) in [5.41, 5.74) is 0. The summed E-state index contributed by atoms with van der Waals surface area (Å²) in [6.07, 6.45) is 1.63. The van der Waals surface area contributed by atoms with Gasteiger partial charge in [-0.1, -0.05) is 29.8 Å². The smallest absolute Gasteiger partial charge is 0.119 e. The first-order valence-electron chi connectivity index (χ1n) is 8.69. The van der Waals surface area contributed by atoms with Gasteiger partial charge in [-0.15, -0.1) is 0 Å². The van der Waals surface area contributed by atoms with Crippen LogP contribution in [-0.2, 0) is 0 Å². The number of aliphatic hydroxyl groups is 1. The normalized spacial score (nSPS) is 17.2. The maximum Gasteiger partial charge on any atom is 0.119 e. The first-order valence-corrected chi connectivity index (χ1v) is 9.07. The van der Waals surface area contributed by atoms with Crippen LogP contribution >= 0.6 is 11.6 Å². The molecule has 1 aliphatic heterocycles. The molecule has 1 fully saturated rings. The number of aliphatic hydroxyl groups excluding tert-OH is 1. The van der Waals surface area contributed by atoms with Crippen LogP contribution in [0.15, 0.2) is 54.6 Å². The number of hydrogen-bond acceptors (Lipinski definition) is 4. The van der Waals surface area contributed by atoms with E-state index in [9.17, 15) is 5.11 Å². The highest BCUT2D eigenvalue weighted by molar-refractivity contribution is 6.30. The van der Waals surface area contributed by atoms with Gasteiger partial charge in [0.15, 0.2) is 0 Å². The highest BCUT2D eigenvalue weighted by Gasteiger charge is 2.22. The van der Waals surface area contributed by atoms with Crippen LogP contribution in [0.1, 0.15) is 12.8 Å². The number of halogens is 1. The summed E-state index contributed by atoms with van der Waals surface area (Å²) in [5, 5.41) is 10.9. The Kier molecular flexibility index (Phi) is 6.56. The van der Waals surface area contributed by atoms with Crippen molar-refractivity contribution < 1.29 is 14.6 Å². The minimum Gasteiger partial charge on any atom is -0.491 e. The molecule has 2 aromatic carbocycles. The Morgan fingerprint density at radius 3 is 2.36 bits per heavy atom. The SMILES string of the molecule is OC(COc1ccccc1)CN1CCC(Oc2ccc(Cl)cc2)CC1. The van der Waals surface area contributed by atoms with Crippen molar-refractivity contribution in [3.05, 3.63) is 59.6 Å². The van der Waals surface area contributed by atoms with Crippen molar-refractivity contribution in [2.75, 3.05) is 26.2 Å². The number of likely N-dealkylation sites (tertiary alicyclic amines) is 1. The molecule has 0 spiro atoms. The Morgan fingerprint density at radius 2 is 1.68 bits per heavy atom. The van der Waals surface area contributed by atoms with Gasteiger partial charge < -0.3 is 19.5 Å². The van der Waals surface area contributed by atoms with Gasteiger partial charge in [-0.25, -0.2) is 0 Å². The number of nitrogens with zero attached hydrogens (tertiary/aromatic N) is 1. The Labute approximate surface area is 153 Å². The van der Waals surface area contributed by atoms with Crippen LogP contribution in [0.2, 0.25) is 5.02 Å². The van der Waals surface area contributed by atoms with Gasteiger partial charge in [0.2, 0.25) is 0 Å². The standard InChI is InChI=1S/C20H24ClNO3/c21-16-6-8-19(9-7-16)25-20-10-12-22(13-11-20)14-17(23)15-24-18-4-2-1-3-5-18/h1-9,17,20,23H,10-15H2. The topological polar surface area (TPSA) is 41.9 Å². The molecule has 25 heavy (non-hydrogen) atoms. The van der Waals surface area contributed by atoms with E-state index in [2.05, 4.69) is 4.90 Å². The van der Waals surface area contributed by atoms with Crippen LogP contribution in [0.5, 0.6) is 11.5 Å². The Balaban J connectivity index is 1.36. The molecule has 4 nitrogen and oxygen atoms in total. The minimum atomic E-state index is -0.492. The molecule has 1 saturated heterocycles.